The first kappa shape index (κ1) is 26.0. The molecule has 11 heteroatoms. The molecular weight excluding hydrogens is 487 g/mol. The van der Waals surface area contributed by atoms with Crippen LogP contribution in [0, 0.1) is 0 Å². The van der Waals surface area contributed by atoms with Gasteiger partial charge in [0.1, 0.15) is 0 Å². The number of aromatic amines is 1. The molecule has 1 saturated heterocycles. The number of aromatic nitrogens is 2. The van der Waals surface area contributed by atoms with Crippen molar-refractivity contribution in [2.75, 3.05) is 37.6 Å². The number of carbonyl (C=O) groups is 2. The molecular formula is C26H26F3N5O3. The second-order valence-corrected chi connectivity index (χ2v) is 8.52. The molecule has 5 rings (SSSR count). The van der Waals surface area contributed by atoms with Crippen LogP contribution in [0.4, 0.5) is 18.9 Å². The Morgan fingerprint density at radius 2 is 1.73 bits per heavy atom. The summed E-state index contributed by atoms with van der Waals surface area (Å²) in [6.45, 7) is 4.87. The van der Waals surface area contributed by atoms with Crippen molar-refractivity contribution in [3.8, 4) is 11.3 Å². The number of piperazine rings is 1. The zero-order valence-electron chi connectivity index (χ0n) is 19.8. The molecule has 8 nitrogen and oxygen atoms in total. The molecule has 0 atom stereocenters. The summed E-state index contributed by atoms with van der Waals surface area (Å²) in [7, 11) is 0. The lowest BCUT2D eigenvalue weighted by atomic mass is 10.1. The van der Waals surface area contributed by atoms with E-state index in [0.717, 1.165) is 66.4 Å². The third kappa shape index (κ3) is 6.76. The third-order valence-corrected chi connectivity index (χ3v) is 5.96. The van der Waals surface area contributed by atoms with Gasteiger partial charge in [0.05, 0.1) is 11.3 Å². The van der Waals surface area contributed by atoms with Crippen molar-refractivity contribution in [2.45, 2.75) is 12.6 Å². The van der Waals surface area contributed by atoms with Gasteiger partial charge in [-0.2, -0.15) is 13.2 Å². The molecule has 4 heterocycles. The van der Waals surface area contributed by atoms with Gasteiger partial charge in [-0.25, -0.2) is 4.79 Å². The first-order valence-corrected chi connectivity index (χ1v) is 11.7. The van der Waals surface area contributed by atoms with Gasteiger partial charge >= 0.3 is 12.1 Å². The van der Waals surface area contributed by atoms with E-state index in [1.54, 1.807) is 0 Å². The number of aliphatic carboxylic acids is 1. The molecule has 0 unspecified atom stereocenters. The van der Waals surface area contributed by atoms with E-state index in [9.17, 15) is 18.0 Å². The molecule has 0 saturated carbocycles. The Kier molecular flexibility index (Phi) is 7.92. The van der Waals surface area contributed by atoms with E-state index >= 15 is 0 Å². The number of carboxylic acids is 1. The number of carbonyl (C=O) groups excluding carboxylic acids is 1. The standard InChI is InChI=1S/C24H25N5O.C2HF3O2/c30-24-21-16-23(28-22(21)8-10-27-24)18-7-9-26-19(15-18)4-1-17-2-5-20(6-3-17)29-13-11-25-12-14-29;3-2(4,5)1(6)7/h1-7,9,15-16,25,28H,8,10-14H2,(H,27,30);(H,6,7). The van der Waals surface area contributed by atoms with Crippen molar-refractivity contribution in [2.24, 2.45) is 0 Å². The highest BCUT2D eigenvalue weighted by Gasteiger charge is 2.38. The molecule has 0 spiro atoms. The van der Waals surface area contributed by atoms with Gasteiger partial charge in [-0.05, 0) is 42.0 Å². The molecule has 1 amide bonds. The SMILES string of the molecule is O=C(O)C(F)(F)F.O=C1NCCc2[nH]c(-c3ccnc(C=Cc4ccc(N5CCNCC5)cc4)c3)cc21. The largest absolute Gasteiger partial charge is 0.490 e. The minimum Gasteiger partial charge on any atom is -0.475 e. The van der Waals surface area contributed by atoms with Crippen molar-refractivity contribution < 1.29 is 27.9 Å². The molecule has 4 N–H and O–H groups in total. The number of fused-ring (bicyclic) bond motifs is 1. The second-order valence-electron chi connectivity index (χ2n) is 8.52. The normalized spacial score (nSPS) is 15.5. The molecule has 0 bridgehead atoms. The zero-order valence-corrected chi connectivity index (χ0v) is 19.8. The van der Waals surface area contributed by atoms with Crippen LogP contribution in [0.1, 0.15) is 27.3 Å². The monoisotopic (exact) mass is 513 g/mol. The number of amides is 1. The van der Waals surface area contributed by atoms with Crippen molar-refractivity contribution in [3.63, 3.8) is 0 Å². The van der Waals surface area contributed by atoms with E-state index in [4.69, 9.17) is 9.90 Å². The van der Waals surface area contributed by atoms with Gasteiger partial charge in [0.25, 0.3) is 5.91 Å². The Balaban J connectivity index is 0.000000405. The topological polar surface area (TPSA) is 110 Å². The molecule has 0 aliphatic carbocycles. The molecule has 2 aliphatic heterocycles. The highest BCUT2D eigenvalue weighted by molar-refractivity contribution is 5.97. The number of rotatable bonds is 4. The smallest absolute Gasteiger partial charge is 0.475 e. The molecule has 2 aliphatic rings. The molecule has 0 radical (unpaired) electrons. The Morgan fingerprint density at radius 3 is 2.38 bits per heavy atom. The van der Waals surface area contributed by atoms with Gasteiger partial charge in [-0.1, -0.05) is 18.2 Å². The summed E-state index contributed by atoms with van der Waals surface area (Å²) in [6, 6.07) is 14.6. The Bertz CT molecular complexity index is 1280. The minimum absolute atomic E-state index is 0.00260. The average Bonchev–Trinajstić information content (AvgIpc) is 3.34. The number of carboxylic acid groups (broad SMARTS) is 1. The fourth-order valence-electron chi connectivity index (χ4n) is 4.06. The summed E-state index contributed by atoms with van der Waals surface area (Å²) in [6.07, 6.45) is 1.67. The van der Waals surface area contributed by atoms with Gasteiger partial charge < -0.3 is 25.6 Å². The number of halogens is 3. The number of alkyl halides is 3. The maximum absolute atomic E-state index is 12.0. The molecule has 1 fully saturated rings. The minimum atomic E-state index is -5.08. The van der Waals surface area contributed by atoms with Crippen LogP contribution in [0.25, 0.3) is 23.4 Å². The number of H-pyrrole nitrogens is 1. The van der Waals surface area contributed by atoms with Crippen LogP contribution in [0.15, 0.2) is 48.7 Å². The fraction of sp³-hybridized carbons (Fsp3) is 0.269. The number of hydrogen-bond acceptors (Lipinski definition) is 5. The summed E-state index contributed by atoms with van der Waals surface area (Å²) >= 11 is 0. The zero-order chi connectivity index (χ0) is 26.4. The van der Waals surface area contributed by atoms with E-state index in [2.05, 4.69) is 55.8 Å². The summed E-state index contributed by atoms with van der Waals surface area (Å²) in [5.74, 6) is -2.76. The molecule has 1 aromatic carbocycles. The van der Waals surface area contributed by atoms with E-state index in [1.165, 1.54) is 5.69 Å². The van der Waals surface area contributed by atoms with Gasteiger partial charge in [0.2, 0.25) is 0 Å². The van der Waals surface area contributed by atoms with E-state index in [0.29, 0.717) is 6.54 Å². The van der Waals surface area contributed by atoms with Crippen molar-refractivity contribution >= 4 is 29.7 Å². The summed E-state index contributed by atoms with van der Waals surface area (Å²) in [4.78, 5) is 31.2. The number of pyridine rings is 1. The van der Waals surface area contributed by atoms with Crippen LogP contribution in [0.2, 0.25) is 0 Å². The lowest BCUT2D eigenvalue weighted by molar-refractivity contribution is -0.192. The van der Waals surface area contributed by atoms with Crippen molar-refractivity contribution in [1.82, 2.24) is 20.6 Å². The van der Waals surface area contributed by atoms with Crippen LogP contribution in [-0.4, -0.2) is 65.9 Å². The maximum atomic E-state index is 12.0. The van der Waals surface area contributed by atoms with Crippen LogP contribution < -0.4 is 15.5 Å². The Morgan fingerprint density at radius 1 is 1.03 bits per heavy atom. The number of benzene rings is 1. The number of hydrogen-bond donors (Lipinski definition) is 4. The molecule has 3 aromatic rings. The average molecular weight is 514 g/mol. The quantitative estimate of drug-likeness (QED) is 0.425. The van der Waals surface area contributed by atoms with Crippen molar-refractivity contribution in [3.05, 3.63) is 71.2 Å². The molecule has 194 valence electrons. The van der Waals surface area contributed by atoms with Gasteiger partial charge in [0, 0.05) is 68.0 Å². The number of anilines is 1. The van der Waals surface area contributed by atoms with Gasteiger partial charge in [0.15, 0.2) is 0 Å². The maximum Gasteiger partial charge on any atom is 0.490 e. The van der Waals surface area contributed by atoms with E-state index in [1.807, 2.05) is 30.5 Å². The first-order valence-electron chi connectivity index (χ1n) is 11.7. The van der Waals surface area contributed by atoms with E-state index in [-0.39, 0.29) is 5.91 Å². The van der Waals surface area contributed by atoms with Gasteiger partial charge in [-0.3, -0.25) is 9.78 Å². The lowest BCUT2D eigenvalue weighted by Crippen LogP contribution is -2.43. The van der Waals surface area contributed by atoms with E-state index < -0.39 is 12.1 Å². The highest BCUT2D eigenvalue weighted by atomic mass is 19.4. The highest BCUT2D eigenvalue weighted by Crippen LogP contribution is 2.25. The number of nitrogens with zero attached hydrogens (tertiary/aromatic N) is 2. The molecule has 37 heavy (non-hydrogen) atoms. The fourth-order valence-corrected chi connectivity index (χ4v) is 4.06. The summed E-state index contributed by atoms with van der Waals surface area (Å²) in [5.41, 5.74) is 7.04. The third-order valence-electron chi connectivity index (χ3n) is 5.96. The van der Waals surface area contributed by atoms with Crippen LogP contribution in [0.3, 0.4) is 0 Å². The van der Waals surface area contributed by atoms with Crippen molar-refractivity contribution in [1.29, 1.82) is 0 Å². The number of nitrogens with one attached hydrogen (secondary N) is 3. The summed E-state index contributed by atoms with van der Waals surface area (Å²) < 4.78 is 31.7. The predicted molar refractivity (Wildman–Crippen MR) is 134 cm³/mol. The first-order chi connectivity index (χ1) is 17.7. The predicted octanol–water partition coefficient (Wildman–Crippen LogP) is 3.58. The van der Waals surface area contributed by atoms with Crippen LogP contribution in [0.5, 0.6) is 0 Å². The lowest BCUT2D eigenvalue weighted by Gasteiger charge is -2.29. The van der Waals surface area contributed by atoms with Crippen LogP contribution in [-0.2, 0) is 11.2 Å². The second kappa shape index (κ2) is 11.3. The summed E-state index contributed by atoms with van der Waals surface area (Å²) in [5, 5.41) is 13.4. The Hall–Kier alpha value is -4.12. The van der Waals surface area contributed by atoms with Gasteiger partial charge in [-0.15, -0.1) is 0 Å². The van der Waals surface area contributed by atoms with Crippen LogP contribution >= 0.6 is 0 Å². The molecule has 2 aromatic heterocycles. The Labute approximate surface area is 211 Å².